The van der Waals surface area contributed by atoms with Crippen LogP contribution in [0.2, 0.25) is 0 Å². The van der Waals surface area contributed by atoms with E-state index in [-0.39, 0.29) is 12.1 Å². The highest BCUT2D eigenvalue weighted by atomic mass is 16.5. The average molecular weight is 247 g/mol. The molecule has 1 heterocycles. The van der Waals surface area contributed by atoms with Gasteiger partial charge in [-0.05, 0) is 24.6 Å². The maximum atomic E-state index is 11.7. The molecule has 1 aromatic heterocycles. The maximum Gasteiger partial charge on any atom is 0.331 e. The lowest BCUT2D eigenvalue weighted by Gasteiger charge is -2.25. The Hall–Kier alpha value is -2.42. The van der Waals surface area contributed by atoms with Gasteiger partial charge in [0.05, 0.1) is 7.11 Å². The van der Waals surface area contributed by atoms with Crippen molar-refractivity contribution in [2.24, 2.45) is 0 Å². The first-order chi connectivity index (χ1) is 8.55. The van der Waals surface area contributed by atoms with Gasteiger partial charge in [0, 0.05) is 12.6 Å². The third-order valence-electron chi connectivity index (χ3n) is 2.51. The minimum Gasteiger partial charge on any atom is -0.467 e. The number of carbonyl (C=O) groups excluding carboxylic acids is 2. The van der Waals surface area contributed by atoms with Crippen LogP contribution in [0.1, 0.15) is 18.2 Å². The van der Waals surface area contributed by atoms with E-state index in [1.54, 1.807) is 19.1 Å². The Morgan fingerprint density at radius 2 is 2.44 bits per heavy atom. The zero-order chi connectivity index (χ0) is 13.6. The fourth-order valence-electron chi connectivity index (χ4n) is 1.59. The van der Waals surface area contributed by atoms with Crippen molar-refractivity contribution in [3.63, 3.8) is 0 Å². The standard InChI is InChI=1S/C12H13N3O3/c1-12(15-8-16,11(17)18-2)6-9-3-4-14-10(5-9)7-13/h3-5,8H,6H2,1-2H3,(H,15,16)/t12-/m1/s1. The Labute approximate surface area is 105 Å². The van der Waals surface area contributed by atoms with Crippen molar-refractivity contribution < 1.29 is 14.3 Å². The fourth-order valence-corrected chi connectivity index (χ4v) is 1.59. The van der Waals surface area contributed by atoms with E-state index in [0.717, 1.165) is 0 Å². The number of rotatable bonds is 5. The SMILES string of the molecule is COC(=O)[C@@](C)(Cc1ccnc(C#N)c1)NC=O. The van der Waals surface area contributed by atoms with E-state index in [0.29, 0.717) is 12.0 Å². The molecule has 1 rings (SSSR count). The Balaban J connectivity index is 2.99. The number of ether oxygens (including phenoxy) is 1. The van der Waals surface area contributed by atoms with E-state index in [1.165, 1.54) is 13.3 Å². The lowest BCUT2D eigenvalue weighted by atomic mass is 9.93. The van der Waals surface area contributed by atoms with Crippen molar-refractivity contribution in [1.82, 2.24) is 10.3 Å². The molecule has 94 valence electrons. The highest BCUT2D eigenvalue weighted by Gasteiger charge is 2.34. The van der Waals surface area contributed by atoms with Gasteiger partial charge in [0.15, 0.2) is 0 Å². The molecule has 1 N–H and O–H groups in total. The first-order valence-corrected chi connectivity index (χ1v) is 5.20. The average Bonchev–Trinajstić information content (AvgIpc) is 2.38. The van der Waals surface area contributed by atoms with E-state index in [1.807, 2.05) is 6.07 Å². The van der Waals surface area contributed by atoms with Crippen molar-refractivity contribution in [3.8, 4) is 6.07 Å². The second-order valence-electron chi connectivity index (χ2n) is 3.92. The molecule has 1 atom stereocenters. The number of hydrogen-bond acceptors (Lipinski definition) is 5. The predicted molar refractivity (Wildman–Crippen MR) is 62.3 cm³/mol. The van der Waals surface area contributed by atoms with Crippen LogP contribution in [0.15, 0.2) is 18.3 Å². The topological polar surface area (TPSA) is 92.1 Å². The molecule has 0 radical (unpaired) electrons. The van der Waals surface area contributed by atoms with Crippen LogP contribution in [0.25, 0.3) is 0 Å². The lowest BCUT2D eigenvalue weighted by Crippen LogP contribution is -2.51. The van der Waals surface area contributed by atoms with Crippen LogP contribution in [-0.2, 0) is 20.7 Å². The van der Waals surface area contributed by atoms with Crippen molar-refractivity contribution in [2.75, 3.05) is 7.11 Å². The van der Waals surface area contributed by atoms with Gasteiger partial charge in [-0.25, -0.2) is 9.78 Å². The van der Waals surface area contributed by atoms with Crippen molar-refractivity contribution in [2.45, 2.75) is 18.9 Å². The number of hydrogen-bond donors (Lipinski definition) is 1. The van der Waals surface area contributed by atoms with Crippen LogP contribution in [0.3, 0.4) is 0 Å². The molecule has 0 saturated carbocycles. The molecule has 1 amide bonds. The highest BCUT2D eigenvalue weighted by Crippen LogP contribution is 2.15. The first kappa shape index (κ1) is 13.6. The van der Waals surface area contributed by atoms with Gasteiger partial charge in [-0.15, -0.1) is 0 Å². The molecular formula is C12H13N3O3. The van der Waals surface area contributed by atoms with Gasteiger partial charge < -0.3 is 10.1 Å². The summed E-state index contributed by atoms with van der Waals surface area (Å²) in [5, 5.41) is 11.2. The van der Waals surface area contributed by atoms with Gasteiger partial charge in [-0.1, -0.05) is 0 Å². The maximum absolute atomic E-state index is 11.7. The highest BCUT2D eigenvalue weighted by molar-refractivity contribution is 5.83. The number of amides is 1. The minimum atomic E-state index is -1.16. The number of aromatic nitrogens is 1. The number of nitrogens with one attached hydrogen (secondary N) is 1. The quantitative estimate of drug-likeness (QED) is 0.591. The third-order valence-corrected chi connectivity index (χ3v) is 2.51. The zero-order valence-corrected chi connectivity index (χ0v) is 10.1. The smallest absolute Gasteiger partial charge is 0.331 e. The molecule has 0 spiro atoms. The van der Waals surface area contributed by atoms with Gasteiger partial charge in [0.1, 0.15) is 17.3 Å². The van der Waals surface area contributed by atoms with E-state index >= 15 is 0 Å². The number of esters is 1. The van der Waals surface area contributed by atoms with E-state index < -0.39 is 11.5 Å². The van der Waals surface area contributed by atoms with Crippen molar-refractivity contribution >= 4 is 12.4 Å². The minimum absolute atomic E-state index is 0.218. The van der Waals surface area contributed by atoms with Gasteiger partial charge >= 0.3 is 5.97 Å². The summed E-state index contributed by atoms with van der Waals surface area (Å²) in [6.45, 7) is 1.56. The molecule has 0 aliphatic carbocycles. The molecule has 0 fully saturated rings. The van der Waals surface area contributed by atoms with Crippen LogP contribution in [0, 0.1) is 11.3 Å². The summed E-state index contributed by atoms with van der Waals surface area (Å²) in [5.41, 5.74) is -0.195. The molecule has 18 heavy (non-hydrogen) atoms. The van der Waals surface area contributed by atoms with Crippen LogP contribution in [-0.4, -0.2) is 30.0 Å². The molecule has 6 nitrogen and oxygen atoms in total. The van der Waals surface area contributed by atoms with Crippen LogP contribution < -0.4 is 5.32 Å². The van der Waals surface area contributed by atoms with Crippen LogP contribution in [0.5, 0.6) is 0 Å². The largest absolute Gasteiger partial charge is 0.467 e. The molecule has 0 unspecified atom stereocenters. The number of pyridine rings is 1. The Kier molecular flexibility index (Phi) is 4.38. The molecular weight excluding hydrogens is 234 g/mol. The summed E-state index contributed by atoms with van der Waals surface area (Å²) in [6.07, 6.45) is 2.14. The molecule has 0 bridgehead atoms. The van der Waals surface area contributed by atoms with E-state index in [4.69, 9.17) is 5.26 Å². The van der Waals surface area contributed by atoms with Gasteiger partial charge in [-0.2, -0.15) is 5.26 Å². The lowest BCUT2D eigenvalue weighted by molar-refractivity contribution is -0.148. The fraction of sp³-hybridized carbons (Fsp3) is 0.333. The normalized spacial score (nSPS) is 12.9. The van der Waals surface area contributed by atoms with Gasteiger partial charge in [0.2, 0.25) is 6.41 Å². The molecule has 0 saturated heterocycles. The molecule has 6 heteroatoms. The van der Waals surface area contributed by atoms with E-state index in [9.17, 15) is 9.59 Å². The molecule has 1 aromatic rings. The Morgan fingerprint density at radius 1 is 1.72 bits per heavy atom. The number of nitriles is 1. The zero-order valence-electron chi connectivity index (χ0n) is 10.1. The summed E-state index contributed by atoms with van der Waals surface area (Å²) in [4.78, 5) is 26.1. The van der Waals surface area contributed by atoms with Gasteiger partial charge in [0.25, 0.3) is 0 Å². The molecule has 0 aliphatic heterocycles. The first-order valence-electron chi connectivity index (χ1n) is 5.20. The third kappa shape index (κ3) is 3.04. The van der Waals surface area contributed by atoms with E-state index in [2.05, 4.69) is 15.0 Å². The number of methoxy groups -OCH3 is 1. The van der Waals surface area contributed by atoms with Crippen molar-refractivity contribution in [3.05, 3.63) is 29.6 Å². The monoisotopic (exact) mass is 247 g/mol. The molecule has 0 aliphatic rings. The van der Waals surface area contributed by atoms with Gasteiger partial charge in [-0.3, -0.25) is 4.79 Å². The number of nitrogens with zero attached hydrogens (tertiary/aromatic N) is 2. The second-order valence-corrected chi connectivity index (χ2v) is 3.92. The Bertz CT molecular complexity index is 496. The van der Waals surface area contributed by atoms with Crippen LogP contribution >= 0.6 is 0 Å². The summed E-state index contributed by atoms with van der Waals surface area (Å²) < 4.78 is 4.66. The van der Waals surface area contributed by atoms with Crippen LogP contribution in [0.4, 0.5) is 0 Å². The summed E-state index contributed by atoms with van der Waals surface area (Å²) in [7, 11) is 1.25. The Morgan fingerprint density at radius 3 is 3.00 bits per heavy atom. The van der Waals surface area contributed by atoms with Crippen molar-refractivity contribution in [1.29, 1.82) is 5.26 Å². The second kappa shape index (κ2) is 5.77. The number of carbonyl (C=O) groups is 2. The molecule has 0 aromatic carbocycles. The summed E-state index contributed by atoms with van der Waals surface area (Å²) in [5.74, 6) is -0.551. The summed E-state index contributed by atoms with van der Waals surface area (Å²) >= 11 is 0. The predicted octanol–water partition coefficient (Wildman–Crippen LogP) is 0.173. The summed E-state index contributed by atoms with van der Waals surface area (Å²) in [6, 6.07) is 5.15.